The fourth-order valence-corrected chi connectivity index (χ4v) is 4.26. The molecule has 1 fully saturated rings. The summed E-state index contributed by atoms with van der Waals surface area (Å²) < 4.78 is 0. The van der Waals surface area contributed by atoms with Gasteiger partial charge in [0, 0.05) is 25.8 Å². The Morgan fingerprint density at radius 1 is 1.13 bits per heavy atom. The van der Waals surface area contributed by atoms with Crippen LogP contribution in [0.1, 0.15) is 12.0 Å². The summed E-state index contributed by atoms with van der Waals surface area (Å²) in [6, 6.07) is 14.4. The summed E-state index contributed by atoms with van der Waals surface area (Å²) in [5.41, 5.74) is 1.98. The molecular weight excluding hydrogens is 392 g/mol. The third-order valence-corrected chi connectivity index (χ3v) is 5.80. The summed E-state index contributed by atoms with van der Waals surface area (Å²) in [6.07, 6.45) is 6.32. The second-order valence-corrected chi connectivity index (χ2v) is 7.82. The maximum Gasteiger partial charge on any atom is 0.328 e. The topological polar surface area (TPSA) is 89.6 Å². The lowest BCUT2D eigenvalue weighted by molar-refractivity contribution is -0.122. The molecule has 2 aromatic rings. The van der Waals surface area contributed by atoms with Gasteiger partial charge in [-0.25, -0.2) is 9.78 Å². The van der Waals surface area contributed by atoms with Crippen LogP contribution in [0.3, 0.4) is 0 Å². The molecule has 4 heterocycles. The van der Waals surface area contributed by atoms with Gasteiger partial charge in [0.25, 0.3) is 0 Å². The van der Waals surface area contributed by atoms with Crippen molar-refractivity contribution < 1.29 is 9.59 Å². The number of nitrogens with one attached hydrogen (secondary N) is 3. The molecule has 2 bridgehead atoms. The first-order valence-electron chi connectivity index (χ1n) is 10.5. The molecule has 5 rings (SSSR count). The van der Waals surface area contributed by atoms with Crippen molar-refractivity contribution in [3.8, 4) is 0 Å². The van der Waals surface area contributed by atoms with E-state index in [0.29, 0.717) is 18.2 Å². The second-order valence-electron chi connectivity index (χ2n) is 7.82. The molecule has 0 aliphatic carbocycles. The molecule has 8 nitrogen and oxygen atoms in total. The molecule has 3 amide bonds. The summed E-state index contributed by atoms with van der Waals surface area (Å²) in [6.45, 7) is 2.12. The molecule has 1 aromatic heterocycles. The first-order chi connectivity index (χ1) is 15.2. The van der Waals surface area contributed by atoms with Gasteiger partial charge in [0.05, 0.1) is 11.7 Å². The Bertz CT molecular complexity index is 1040. The number of aromatic nitrogens is 1. The zero-order chi connectivity index (χ0) is 21.2. The number of rotatable bonds is 4. The summed E-state index contributed by atoms with van der Waals surface area (Å²) >= 11 is 0. The fourth-order valence-electron chi connectivity index (χ4n) is 4.26. The fraction of sp³-hybridized carbons (Fsp3) is 0.261. The second kappa shape index (κ2) is 8.14. The van der Waals surface area contributed by atoms with Crippen LogP contribution in [0.25, 0.3) is 0 Å². The molecule has 31 heavy (non-hydrogen) atoms. The van der Waals surface area contributed by atoms with Gasteiger partial charge in [0.1, 0.15) is 17.7 Å². The zero-order valence-electron chi connectivity index (χ0n) is 17.0. The van der Waals surface area contributed by atoms with Crippen LogP contribution in [0, 0.1) is 0 Å². The minimum Gasteiger partial charge on any atom is -0.366 e. The van der Waals surface area contributed by atoms with E-state index in [0.717, 1.165) is 30.8 Å². The molecule has 8 heteroatoms. The van der Waals surface area contributed by atoms with Crippen molar-refractivity contribution in [2.24, 2.45) is 0 Å². The van der Waals surface area contributed by atoms with Gasteiger partial charge >= 0.3 is 6.03 Å². The highest BCUT2D eigenvalue weighted by Crippen LogP contribution is 2.33. The minimum absolute atomic E-state index is 0.0505. The standard InChI is InChI=1S/C23H24N6O2/c30-22(25-14-16-6-2-1-3-7-16)18-9-10-19-21(26-18)29(17-11-13-28(19)15-17)23(31)27-20-8-4-5-12-24-20/h1-10,12,17-18,26H,11,13-15H2,(H,25,30)(H,24,27,31)/t17-,18?/m0/s1. The number of carbonyl (C=O) groups is 2. The molecule has 0 saturated carbocycles. The molecule has 1 unspecified atom stereocenters. The number of hydrogen-bond acceptors (Lipinski definition) is 5. The number of allylic oxidation sites excluding steroid dienone is 1. The average molecular weight is 416 g/mol. The maximum atomic E-state index is 13.2. The first-order valence-corrected chi connectivity index (χ1v) is 10.5. The Morgan fingerprint density at radius 2 is 1.97 bits per heavy atom. The molecule has 1 aromatic carbocycles. The highest BCUT2D eigenvalue weighted by molar-refractivity contribution is 5.91. The molecule has 1 saturated heterocycles. The Balaban J connectivity index is 1.32. The van der Waals surface area contributed by atoms with E-state index in [2.05, 4.69) is 25.8 Å². The van der Waals surface area contributed by atoms with E-state index in [9.17, 15) is 9.59 Å². The first kappa shape index (κ1) is 19.2. The van der Waals surface area contributed by atoms with E-state index in [-0.39, 0.29) is 18.0 Å². The van der Waals surface area contributed by atoms with Crippen LogP contribution in [0.4, 0.5) is 10.6 Å². The van der Waals surface area contributed by atoms with Gasteiger partial charge in [-0.2, -0.15) is 0 Å². The monoisotopic (exact) mass is 416 g/mol. The number of urea groups is 1. The molecule has 3 aliphatic rings. The molecule has 0 spiro atoms. The number of nitrogens with zero attached hydrogens (tertiary/aromatic N) is 3. The minimum atomic E-state index is -0.550. The highest BCUT2D eigenvalue weighted by Gasteiger charge is 2.42. The van der Waals surface area contributed by atoms with Crippen molar-refractivity contribution >= 4 is 17.8 Å². The van der Waals surface area contributed by atoms with Gasteiger partial charge in [-0.3, -0.25) is 15.0 Å². The smallest absolute Gasteiger partial charge is 0.328 e. The summed E-state index contributed by atoms with van der Waals surface area (Å²) in [4.78, 5) is 34.1. The van der Waals surface area contributed by atoms with Crippen LogP contribution in [-0.4, -0.2) is 51.9 Å². The number of fused-ring (bicyclic) bond motifs is 3. The Labute approximate surface area is 180 Å². The van der Waals surface area contributed by atoms with Crippen LogP contribution in [0.15, 0.2) is 78.4 Å². The van der Waals surface area contributed by atoms with Gasteiger partial charge < -0.3 is 15.5 Å². The largest absolute Gasteiger partial charge is 0.366 e. The average Bonchev–Trinajstić information content (AvgIpc) is 3.22. The van der Waals surface area contributed by atoms with Gasteiger partial charge in [0.2, 0.25) is 5.91 Å². The Kier molecular flexibility index (Phi) is 5.03. The van der Waals surface area contributed by atoms with Gasteiger partial charge in [-0.15, -0.1) is 0 Å². The number of anilines is 1. The van der Waals surface area contributed by atoms with E-state index in [1.165, 1.54) is 0 Å². The van der Waals surface area contributed by atoms with Gasteiger partial charge in [-0.1, -0.05) is 42.5 Å². The third kappa shape index (κ3) is 3.84. The van der Waals surface area contributed by atoms with E-state index in [1.54, 1.807) is 23.2 Å². The number of carbonyl (C=O) groups excluding carboxylic acids is 2. The Hall–Kier alpha value is -3.81. The predicted octanol–water partition coefficient (Wildman–Crippen LogP) is 2.02. The van der Waals surface area contributed by atoms with Crippen LogP contribution < -0.4 is 16.0 Å². The van der Waals surface area contributed by atoms with E-state index in [1.807, 2.05) is 48.6 Å². The van der Waals surface area contributed by atoms with Crippen LogP contribution in [0.5, 0.6) is 0 Å². The number of amides is 3. The lowest BCUT2D eigenvalue weighted by Crippen LogP contribution is -2.55. The predicted molar refractivity (Wildman–Crippen MR) is 116 cm³/mol. The number of hydrogen-bond donors (Lipinski definition) is 3. The van der Waals surface area contributed by atoms with E-state index >= 15 is 0 Å². The molecule has 158 valence electrons. The highest BCUT2D eigenvalue weighted by atomic mass is 16.2. The van der Waals surface area contributed by atoms with E-state index in [4.69, 9.17) is 0 Å². The zero-order valence-corrected chi connectivity index (χ0v) is 17.0. The summed E-state index contributed by atoms with van der Waals surface area (Å²) in [5.74, 6) is 1.03. The quantitative estimate of drug-likeness (QED) is 0.710. The van der Waals surface area contributed by atoms with Crippen molar-refractivity contribution in [3.63, 3.8) is 0 Å². The van der Waals surface area contributed by atoms with Crippen molar-refractivity contribution in [3.05, 3.63) is 84.0 Å². The number of dihydropyridines is 1. The Morgan fingerprint density at radius 3 is 2.77 bits per heavy atom. The van der Waals surface area contributed by atoms with Crippen molar-refractivity contribution in [1.29, 1.82) is 0 Å². The number of pyridine rings is 1. The van der Waals surface area contributed by atoms with Crippen LogP contribution >= 0.6 is 0 Å². The van der Waals surface area contributed by atoms with Crippen molar-refractivity contribution in [2.45, 2.75) is 25.0 Å². The lowest BCUT2D eigenvalue weighted by Gasteiger charge is -2.40. The molecular formula is C23H24N6O2. The summed E-state index contributed by atoms with van der Waals surface area (Å²) in [5, 5.41) is 9.14. The number of benzene rings is 1. The molecule has 2 atom stereocenters. The van der Waals surface area contributed by atoms with Crippen molar-refractivity contribution in [1.82, 2.24) is 25.4 Å². The van der Waals surface area contributed by atoms with Crippen LogP contribution in [-0.2, 0) is 11.3 Å². The SMILES string of the molecule is O=C(NCc1ccccc1)C1C=CC2=C(N1)N(C(=O)Nc1ccccn1)[C@H]1CCN2C1. The van der Waals surface area contributed by atoms with E-state index < -0.39 is 6.04 Å². The van der Waals surface area contributed by atoms with Gasteiger partial charge in [0.15, 0.2) is 0 Å². The molecule has 3 aliphatic heterocycles. The third-order valence-electron chi connectivity index (χ3n) is 5.80. The van der Waals surface area contributed by atoms with Crippen LogP contribution in [0.2, 0.25) is 0 Å². The van der Waals surface area contributed by atoms with Crippen molar-refractivity contribution in [2.75, 3.05) is 18.4 Å². The van der Waals surface area contributed by atoms with Gasteiger partial charge in [-0.05, 0) is 30.2 Å². The lowest BCUT2D eigenvalue weighted by atomic mass is 10.1. The normalized spacial score (nSPS) is 21.4. The molecule has 0 radical (unpaired) electrons. The maximum absolute atomic E-state index is 13.2. The summed E-state index contributed by atoms with van der Waals surface area (Å²) in [7, 11) is 0. The molecule has 3 N–H and O–H groups in total.